The van der Waals surface area contributed by atoms with Crippen molar-refractivity contribution in [1.82, 2.24) is 5.32 Å². The molecule has 0 saturated heterocycles. The molecule has 0 radical (unpaired) electrons. The molecule has 7 nitrogen and oxygen atoms in total. The van der Waals surface area contributed by atoms with Crippen molar-refractivity contribution in [3.05, 3.63) is 58.1 Å². The SMILES string of the molecule is CC[C@@H](C)NC(=O)c1ccccc1NC(=O)CN(c1cccc(Cl)c1Cl)S(C)(=O)=O. The summed E-state index contributed by atoms with van der Waals surface area (Å²) in [5.74, 6) is -0.974. The molecule has 30 heavy (non-hydrogen) atoms. The van der Waals surface area contributed by atoms with Crippen LogP contribution in [0.25, 0.3) is 0 Å². The van der Waals surface area contributed by atoms with Crippen LogP contribution >= 0.6 is 23.2 Å². The van der Waals surface area contributed by atoms with Crippen molar-refractivity contribution in [3.63, 3.8) is 0 Å². The van der Waals surface area contributed by atoms with E-state index in [2.05, 4.69) is 10.6 Å². The lowest BCUT2D eigenvalue weighted by atomic mass is 10.1. The van der Waals surface area contributed by atoms with Crippen LogP contribution in [-0.4, -0.2) is 39.1 Å². The van der Waals surface area contributed by atoms with Crippen molar-refractivity contribution >= 4 is 56.4 Å². The number of carbonyl (C=O) groups excluding carboxylic acids is 2. The molecule has 0 bridgehead atoms. The highest BCUT2D eigenvalue weighted by Gasteiger charge is 2.24. The monoisotopic (exact) mass is 471 g/mol. The van der Waals surface area contributed by atoms with Crippen molar-refractivity contribution in [2.45, 2.75) is 26.3 Å². The van der Waals surface area contributed by atoms with Crippen LogP contribution in [0.2, 0.25) is 10.0 Å². The molecule has 1 atom stereocenters. The summed E-state index contributed by atoms with van der Waals surface area (Å²) in [7, 11) is -3.84. The third kappa shape index (κ3) is 6.10. The second-order valence-electron chi connectivity index (χ2n) is 6.72. The van der Waals surface area contributed by atoms with E-state index in [-0.39, 0.29) is 38.9 Å². The van der Waals surface area contributed by atoms with E-state index in [0.717, 1.165) is 17.0 Å². The summed E-state index contributed by atoms with van der Waals surface area (Å²) >= 11 is 12.1. The summed E-state index contributed by atoms with van der Waals surface area (Å²) in [5, 5.41) is 5.62. The minimum atomic E-state index is -3.84. The number of nitrogens with zero attached hydrogens (tertiary/aromatic N) is 1. The molecule has 0 aliphatic heterocycles. The van der Waals surface area contributed by atoms with Crippen molar-refractivity contribution in [2.75, 3.05) is 22.4 Å². The summed E-state index contributed by atoms with van der Waals surface area (Å²) in [6.07, 6.45) is 1.72. The molecule has 0 aromatic heterocycles. The third-order valence-electron chi connectivity index (χ3n) is 4.32. The number of amides is 2. The number of anilines is 2. The number of halogens is 2. The summed E-state index contributed by atoms with van der Waals surface area (Å²) in [4.78, 5) is 25.2. The summed E-state index contributed by atoms with van der Waals surface area (Å²) in [6, 6.07) is 11.0. The van der Waals surface area contributed by atoms with E-state index in [1.807, 2.05) is 13.8 Å². The fourth-order valence-electron chi connectivity index (χ4n) is 2.58. The topological polar surface area (TPSA) is 95.6 Å². The van der Waals surface area contributed by atoms with Crippen LogP contribution in [0.15, 0.2) is 42.5 Å². The summed E-state index contributed by atoms with van der Waals surface area (Å²) < 4.78 is 25.4. The standard InChI is InChI=1S/C20H23Cl2N3O4S/c1-4-13(2)23-20(27)14-8-5-6-10-16(14)24-18(26)12-25(30(3,28)29)17-11-7-9-15(21)19(17)22/h5-11,13H,4,12H2,1-3H3,(H,23,27)(H,24,26)/t13-/m1/s1. The lowest BCUT2D eigenvalue weighted by Gasteiger charge is -2.23. The smallest absolute Gasteiger partial charge is 0.253 e. The van der Waals surface area contributed by atoms with Crippen molar-refractivity contribution < 1.29 is 18.0 Å². The van der Waals surface area contributed by atoms with Gasteiger partial charge in [-0.25, -0.2) is 8.42 Å². The Morgan fingerprint density at radius 2 is 1.77 bits per heavy atom. The molecule has 2 N–H and O–H groups in total. The fraction of sp³-hybridized carbons (Fsp3) is 0.300. The number of carbonyl (C=O) groups is 2. The number of sulfonamides is 1. The number of hydrogen-bond acceptors (Lipinski definition) is 4. The number of para-hydroxylation sites is 1. The highest BCUT2D eigenvalue weighted by Crippen LogP contribution is 2.33. The Balaban J connectivity index is 2.27. The molecule has 162 valence electrons. The first-order valence-electron chi connectivity index (χ1n) is 9.16. The molecule has 0 aliphatic carbocycles. The van der Waals surface area contributed by atoms with Crippen LogP contribution in [0, 0.1) is 0 Å². The molecule has 2 rings (SSSR count). The minimum Gasteiger partial charge on any atom is -0.350 e. The van der Waals surface area contributed by atoms with E-state index in [9.17, 15) is 18.0 Å². The molecule has 0 fully saturated rings. The molecule has 2 aromatic rings. The zero-order valence-corrected chi connectivity index (χ0v) is 19.1. The molecule has 0 unspecified atom stereocenters. The number of hydrogen-bond donors (Lipinski definition) is 2. The van der Waals surface area contributed by atoms with Gasteiger partial charge in [0.2, 0.25) is 15.9 Å². The van der Waals surface area contributed by atoms with Crippen molar-refractivity contribution in [2.24, 2.45) is 0 Å². The predicted molar refractivity (Wildman–Crippen MR) is 121 cm³/mol. The molecule has 0 saturated carbocycles. The Labute approximate surface area is 186 Å². The van der Waals surface area contributed by atoms with E-state index in [0.29, 0.717) is 0 Å². The Bertz CT molecular complexity index is 1040. The van der Waals surface area contributed by atoms with Gasteiger partial charge in [0.05, 0.1) is 33.2 Å². The van der Waals surface area contributed by atoms with Crippen LogP contribution < -0.4 is 14.9 Å². The molecule has 0 spiro atoms. The Morgan fingerprint density at radius 3 is 2.40 bits per heavy atom. The Kier molecular flexibility index (Phi) is 8.11. The quantitative estimate of drug-likeness (QED) is 0.609. The zero-order chi connectivity index (χ0) is 22.5. The van der Waals surface area contributed by atoms with Crippen molar-refractivity contribution in [3.8, 4) is 0 Å². The van der Waals surface area contributed by atoms with E-state index in [1.165, 1.54) is 18.2 Å². The second kappa shape index (κ2) is 10.1. The van der Waals surface area contributed by atoms with Gasteiger partial charge < -0.3 is 10.6 Å². The maximum Gasteiger partial charge on any atom is 0.253 e. The Hall–Kier alpha value is -2.29. The molecular formula is C20H23Cl2N3O4S. The van der Waals surface area contributed by atoms with E-state index in [1.54, 1.807) is 24.3 Å². The molecule has 0 aliphatic rings. The van der Waals surface area contributed by atoms with Gasteiger partial charge in [-0.2, -0.15) is 0 Å². The minimum absolute atomic E-state index is 0.0192. The van der Waals surface area contributed by atoms with Crippen LogP contribution in [-0.2, 0) is 14.8 Å². The first kappa shape index (κ1) is 24.0. The summed E-state index contributed by atoms with van der Waals surface area (Å²) in [6.45, 7) is 3.28. The zero-order valence-electron chi connectivity index (χ0n) is 16.8. The van der Waals surface area contributed by atoms with Gasteiger partial charge in [-0.05, 0) is 37.6 Å². The van der Waals surface area contributed by atoms with Gasteiger partial charge in [-0.1, -0.05) is 48.3 Å². The van der Waals surface area contributed by atoms with E-state index >= 15 is 0 Å². The van der Waals surface area contributed by atoms with E-state index < -0.39 is 22.5 Å². The second-order valence-corrected chi connectivity index (χ2v) is 9.41. The lowest BCUT2D eigenvalue weighted by molar-refractivity contribution is -0.114. The number of nitrogens with one attached hydrogen (secondary N) is 2. The van der Waals surface area contributed by atoms with Gasteiger partial charge in [0, 0.05) is 6.04 Å². The van der Waals surface area contributed by atoms with E-state index in [4.69, 9.17) is 23.2 Å². The van der Waals surface area contributed by atoms with Crippen molar-refractivity contribution in [1.29, 1.82) is 0 Å². The Morgan fingerprint density at radius 1 is 1.10 bits per heavy atom. The van der Waals surface area contributed by atoms with Gasteiger partial charge in [-0.3, -0.25) is 13.9 Å². The molecular weight excluding hydrogens is 449 g/mol. The maximum atomic E-state index is 12.7. The predicted octanol–water partition coefficient (Wildman–Crippen LogP) is 3.93. The largest absolute Gasteiger partial charge is 0.350 e. The highest BCUT2D eigenvalue weighted by molar-refractivity contribution is 7.92. The van der Waals surface area contributed by atoms with Gasteiger partial charge in [0.1, 0.15) is 6.54 Å². The number of rotatable bonds is 8. The first-order valence-corrected chi connectivity index (χ1v) is 11.8. The van der Waals surface area contributed by atoms with Gasteiger partial charge in [-0.15, -0.1) is 0 Å². The number of benzene rings is 2. The maximum absolute atomic E-state index is 12.7. The molecule has 0 heterocycles. The molecule has 10 heteroatoms. The van der Waals surface area contributed by atoms with Crippen LogP contribution in [0.1, 0.15) is 30.6 Å². The van der Waals surface area contributed by atoms with Crippen LogP contribution in [0.3, 0.4) is 0 Å². The fourth-order valence-corrected chi connectivity index (χ4v) is 3.89. The van der Waals surface area contributed by atoms with Gasteiger partial charge in [0.25, 0.3) is 5.91 Å². The lowest BCUT2D eigenvalue weighted by Crippen LogP contribution is -2.38. The van der Waals surface area contributed by atoms with Crippen LogP contribution in [0.5, 0.6) is 0 Å². The van der Waals surface area contributed by atoms with Gasteiger partial charge >= 0.3 is 0 Å². The average Bonchev–Trinajstić information content (AvgIpc) is 2.68. The first-order chi connectivity index (χ1) is 14.0. The third-order valence-corrected chi connectivity index (χ3v) is 6.26. The van der Waals surface area contributed by atoms with Crippen LogP contribution in [0.4, 0.5) is 11.4 Å². The normalized spacial score (nSPS) is 12.2. The average molecular weight is 472 g/mol. The summed E-state index contributed by atoms with van der Waals surface area (Å²) in [5.41, 5.74) is 0.636. The molecule has 2 aromatic carbocycles. The van der Waals surface area contributed by atoms with Gasteiger partial charge in [0.15, 0.2) is 0 Å². The molecule has 2 amide bonds. The highest BCUT2D eigenvalue weighted by atomic mass is 35.5.